The van der Waals surface area contributed by atoms with Gasteiger partial charge in [-0.3, -0.25) is 0 Å². The highest BCUT2D eigenvalue weighted by atomic mass is 35.5. The maximum Gasteiger partial charge on any atom is 0.143 e. The van der Waals surface area contributed by atoms with Gasteiger partial charge < -0.3 is 5.73 Å². The van der Waals surface area contributed by atoms with E-state index >= 15 is 0 Å². The number of nitrogens with two attached hydrogens (primary N) is 1. The number of halogens is 1. The van der Waals surface area contributed by atoms with Crippen molar-refractivity contribution in [1.82, 2.24) is 20.2 Å². The molecule has 1 heterocycles. The van der Waals surface area contributed by atoms with Crippen LogP contribution in [0.15, 0.2) is 24.5 Å². The van der Waals surface area contributed by atoms with Crippen molar-refractivity contribution >= 4 is 11.6 Å². The second-order valence-corrected chi connectivity index (χ2v) is 3.17. The van der Waals surface area contributed by atoms with Gasteiger partial charge in [0.25, 0.3) is 0 Å². The molecule has 0 spiro atoms. The van der Waals surface area contributed by atoms with Gasteiger partial charge in [-0.15, -0.1) is 5.10 Å². The maximum atomic E-state index is 5.87. The number of aromatic nitrogens is 4. The van der Waals surface area contributed by atoms with Crippen LogP contribution in [0, 0.1) is 0 Å². The van der Waals surface area contributed by atoms with Gasteiger partial charge in [0.05, 0.1) is 5.69 Å². The van der Waals surface area contributed by atoms with Crippen LogP contribution in [0.1, 0.15) is 5.56 Å². The zero-order chi connectivity index (χ0) is 9.97. The normalized spacial score (nSPS) is 10.4. The first-order valence-electron chi connectivity index (χ1n) is 4.03. The van der Waals surface area contributed by atoms with Crippen LogP contribution in [0.3, 0.4) is 0 Å². The molecule has 1 aromatic carbocycles. The fourth-order valence-electron chi connectivity index (χ4n) is 1.19. The molecule has 72 valence electrons. The standard InChI is InChI=1S/C8H8ClN5/c9-7-2-1-6(4-10)8(3-7)14-5-11-12-13-14/h1-3,5H,4,10H2. The molecule has 1 aromatic heterocycles. The Bertz CT molecular complexity index is 425. The number of hydrogen-bond acceptors (Lipinski definition) is 4. The summed E-state index contributed by atoms with van der Waals surface area (Å²) in [6.07, 6.45) is 1.50. The highest BCUT2D eigenvalue weighted by Crippen LogP contribution is 2.18. The molecule has 0 saturated carbocycles. The Kier molecular flexibility index (Phi) is 2.43. The molecule has 0 aliphatic rings. The lowest BCUT2D eigenvalue weighted by atomic mass is 10.2. The van der Waals surface area contributed by atoms with Crippen LogP contribution in [0.25, 0.3) is 5.69 Å². The number of tetrazole rings is 1. The van der Waals surface area contributed by atoms with Crippen molar-refractivity contribution in [3.8, 4) is 5.69 Å². The SMILES string of the molecule is NCc1ccc(Cl)cc1-n1cnnn1. The van der Waals surface area contributed by atoms with Crippen LogP contribution in [0.4, 0.5) is 0 Å². The lowest BCUT2D eigenvalue weighted by Gasteiger charge is -2.06. The van der Waals surface area contributed by atoms with Gasteiger partial charge in [0.15, 0.2) is 0 Å². The minimum absolute atomic E-state index is 0.423. The lowest BCUT2D eigenvalue weighted by Crippen LogP contribution is -2.05. The average Bonchev–Trinajstić information content (AvgIpc) is 2.70. The van der Waals surface area contributed by atoms with E-state index in [1.54, 1.807) is 12.1 Å². The van der Waals surface area contributed by atoms with E-state index in [2.05, 4.69) is 15.5 Å². The predicted molar refractivity (Wildman–Crippen MR) is 52.1 cm³/mol. The van der Waals surface area contributed by atoms with E-state index in [1.165, 1.54) is 11.0 Å². The largest absolute Gasteiger partial charge is 0.326 e. The summed E-state index contributed by atoms with van der Waals surface area (Å²) in [5.74, 6) is 0. The number of hydrogen-bond donors (Lipinski definition) is 1. The molecule has 0 fully saturated rings. The van der Waals surface area contributed by atoms with Gasteiger partial charge in [0.2, 0.25) is 0 Å². The maximum absolute atomic E-state index is 5.87. The monoisotopic (exact) mass is 209 g/mol. The van der Waals surface area contributed by atoms with Crippen molar-refractivity contribution < 1.29 is 0 Å². The molecule has 0 unspecified atom stereocenters. The third-order valence-electron chi connectivity index (χ3n) is 1.86. The second-order valence-electron chi connectivity index (χ2n) is 2.73. The van der Waals surface area contributed by atoms with Gasteiger partial charge in [0, 0.05) is 11.6 Å². The summed E-state index contributed by atoms with van der Waals surface area (Å²) in [4.78, 5) is 0. The van der Waals surface area contributed by atoms with Gasteiger partial charge in [-0.2, -0.15) is 0 Å². The van der Waals surface area contributed by atoms with Crippen LogP contribution < -0.4 is 5.73 Å². The summed E-state index contributed by atoms with van der Waals surface area (Å²) in [5, 5.41) is 11.5. The van der Waals surface area contributed by atoms with E-state index in [-0.39, 0.29) is 0 Å². The summed E-state index contributed by atoms with van der Waals surface area (Å²) < 4.78 is 1.54. The minimum atomic E-state index is 0.423. The quantitative estimate of drug-likeness (QED) is 0.794. The highest BCUT2D eigenvalue weighted by Gasteiger charge is 2.04. The molecule has 0 atom stereocenters. The molecule has 2 aromatic rings. The molecule has 0 aliphatic carbocycles. The number of nitrogens with zero attached hydrogens (tertiary/aromatic N) is 4. The summed E-state index contributed by atoms with van der Waals surface area (Å²) in [6, 6.07) is 5.43. The van der Waals surface area contributed by atoms with Gasteiger partial charge in [-0.1, -0.05) is 17.7 Å². The summed E-state index contributed by atoms with van der Waals surface area (Å²) in [6.45, 7) is 0.423. The second kappa shape index (κ2) is 3.73. The Morgan fingerprint density at radius 1 is 1.43 bits per heavy atom. The first-order valence-corrected chi connectivity index (χ1v) is 4.41. The molecule has 0 saturated heterocycles. The highest BCUT2D eigenvalue weighted by molar-refractivity contribution is 6.30. The molecule has 2 N–H and O–H groups in total. The van der Waals surface area contributed by atoms with Crippen molar-refractivity contribution in [3.63, 3.8) is 0 Å². The Hall–Kier alpha value is -1.46. The van der Waals surface area contributed by atoms with E-state index in [4.69, 9.17) is 17.3 Å². The molecule has 5 nitrogen and oxygen atoms in total. The Morgan fingerprint density at radius 3 is 2.93 bits per heavy atom. The van der Waals surface area contributed by atoms with Crippen molar-refractivity contribution in [3.05, 3.63) is 35.1 Å². The van der Waals surface area contributed by atoms with Crippen molar-refractivity contribution in [2.75, 3.05) is 0 Å². The Labute approximate surface area is 85.5 Å². The summed E-state index contributed by atoms with van der Waals surface area (Å²) >= 11 is 5.87. The van der Waals surface area contributed by atoms with E-state index in [0.717, 1.165) is 11.3 Å². The zero-order valence-corrected chi connectivity index (χ0v) is 8.02. The van der Waals surface area contributed by atoms with E-state index in [9.17, 15) is 0 Å². The number of rotatable bonds is 2. The molecule has 0 radical (unpaired) electrons. The fraction of sp³-hybridized carbons (Fsp3) is 0.125. The van der Waals surface area contributed by atoms with E-state index in [0.29, 0.717) is 11.6 Å². The smallest absolute Gasteiger partial charge is 0.143 e. The molecule has 2 rings (SSSR count). The van der Waals surface area contributed by atoms with Gasteiger partial charge in [0.1, 0.15) is 6.33 Å². The van der Waals surface area contributed by atoms with Gasteiger partial charge in [-0.25, -0.2) is 4.68 Å². The Morgan fingerprint density at radius 2 is 2.29 bits per heavy atom. The summed E-state index contributed by atoms with van der Waals surface area (Å²) in [5.41, 5.74) is 7.34. The van der Waals surface area contributed by atoms with Crippen molar-refractivity contribution in [2.45, 2.75) is 6.54 Å². The first kappa shape index (κ1) is 9.11. The molecule has 6 heteroatoms. The molecular formula is C8H8ClN5. The molecule has 0 bridgehead atoms. The van der Waals surface area contributed by atoms with Crippen LogP contribution >= 0.6 is 11.6 Å². The van der Waals surface area contributed by atoms with Crippen LogP contribution in [-0.4, -0.2) is 20.2 Å². The van der Waals surface area contributed by atoms with E-state index < -0.39 is 0 Å². The topological polar surface area (TPSA) is 69.6 Å². The fourth-order valence-corrected chi connectivity index (χ4v) is 1.36. The van der Waals surface area contributed by atoms with E-state index in [1.807, 2.05) is 6.07 Å². The van der Waals surface area contributed by atoms with Crippen molar-refractivity contribution in [1.29, 1.82) is 0 Å². The first-order chi connectivity index (χ1) is 6.81. The summed E-state index contributed by atoms with van der Waals surface area (Å²) in [7, 11) is 0. The molecule has 0 aliphatic heterocycles. The number of benzene rings is 1. The van der Waals surface area contributed by atoms with Crippen LogP contribution in [-0.2, 0) is 6.54 Å². The zero-order valence-electron chi connectivity index (χ0n) is 7.26. The average molecular weight is 210 g/mol. The third kappa shape index (κ3) is 1.59. The minimum Gasteiger partial charge on any atom is -0.326 e. The van der Waals surface area contributed by atoms with Crippen LogP contribution in [0.5, 0.6) is 0 Å². The molecule has 14 heavy (non-hydrogen) atoms. The lowest BCUT2D eigenvalue weighted by molar-refractivity contribution is 0.780. The Balaban J connectivity index is 2.55. The van der Waals surface area contributed by atoms with Gasteiger partial charge in [-0.05, 0) is 28.1 Å². The van der Waals surface area contributed by atoms with Crippen LogP contribution in [0.2, 0.25) is 5.02 Å². The third-order valence-corrected chi connectivity index (χ3v) is 2.10. The van der Waals surface area contributed by atoms with Gasteiger partial charge >= 0.3 is 0 Å². The van der Waals surface area contributed by atoms with Crippen molar-refractivity contribution in [2.24, 2.45) is 5.73 Å². The molecular weight excluding hydrogens is 202 g/mol. The molecule has 0 amide bonds. The predicted octanol–water partition coefficient (Wildman–Crippen LogP) is 0.774.